The summed E-state index contributed by atoms with van der Waals surface area (Å²) in [5.74, 6) is -2.88. The molecule has 5 rings (SSSR count). The molecule has 3 unspecified atom stereocenters. The molecule has 184 valence electrons. The number of hydrogen-bond donors (Lipinski definition) is 1. The lowest BCUT2D eigenvalue weighted by molar-refractivity contribution is -0.155. The molecule has 1 fully saturated rings. The molecule has 1 aliphatic rings. The van der Waals surface area contributed by atoms with E-state index in [1.807, 2.05) is 84.9 Å². The highest BCUT2D eigenvalue weighted by Gasteiger charge is 2.50. The zero-order valence-electron chi connectivity index (χ0n) is 20.5. The van der Waals surface area contributed by atoms with Crippen LogP contribution >= 0.6 is 0 Å². The van der Waals surface area contributed by atoms with Gasteiger partial charge in [-0.2, -0.15) is 5.26 Å². The van der Waals surface area contributed by atoms with Crippen LogP contribution in [0.2, 0.25) is 0 Å². The summed E-state index contributed by atoms with van der Waals surface area (Å²) in [6, 6.07) is 36.2. The van der Waals surface area contributed by atoms with Gasteiger partial charge in [-0.3, -0.25) is 9.59 Å². The minimum atomic E-state index is -0.920. The summed E-state index contributed by atoms with van der Waals surface area (Å²) in [7, 11) is 0. The van der Waals surface area contributed by atoms with E-state index in [0.717, 1.165) is 16.7 Å². The van der Waals surface area contributed by atoms with Crippen molar-refractivity contribution < 1.29 is 19.4 Å². The third kappa shape index (κ3) is 6.12. The van der Waals surface area contributed by atoms with Crippen molar-refractivity contribution in [2.45, 2.75) is 19.3 Å². The average molecular weight is 490 g/mol. The summed E-state index contributed by atoms with van der Waals surface area (Å²) in [6.45, 7) is 2.08. The largest absolute Gasteiger partial charge is 0.481 e. The minimum Gasteiger partial charge on any atom is -0.481 e. The van der Waals surface area contributed by atoms with Gasteiger partial charge in [0.1, 0.15) is 11.8 Å². The molecule has 0 bridgehead atoms. The molecule has 3 atom stereocenters. The maximum absolute atomic E-state index is 12.9. The number of ether oxygens (including phenoxy) is 1. The van der Waals surface area contributed by atoms with Crippen LogP contribution in [0.25, 0.3) is 11.1 Å². The second-order valence-corrected chi connectivity index (χ2v) is 8.99. The highest BCUT2D eigenvalue weighted by molar-refractivity contribution is 5.83. The Bertz CT molecular complexity index is 1400. The van der Waals surface area contributed by atoms with Gasteiger partial charge in [0.2, 0.25) is 0 Å². The Morgan fingerprint density at radius 3 is 1.95 bits per heavy atom. The topological polar surface area (TPSA) is 87.4 Å². The number of nitriles is 1. The Labute approximate surface area is 216 Å². The average Bonchev–Trinajstić information content (AvgIpc) is 2.90. The number of aliphatic carboxylic acids is 1. The molecule has 5 nitrogen and oxygen atoms in total. The van der Waals surface area contributed by atoms with Crippen LogP contribution in [0.15, 0.2) is 109 Å². The molecule has 0 aliphatic heterocycles. The smallest absolute Gasteiger partial charge is 0.315 e. The van der Waals surface area contributed by atoms with Gasteiger partial charge in [-0.15, -0.1) is 0 Å². The number of hydrogen-bond acceptors (Lipinski definition) is 4. The van der Waals surface area contributed by atoms with Crippen LogP contribution in [0.3, 0.4) is 0 Å². The molecular weight excluding hydrogens is 462 g/mol. The van der Waals surface area contributed by atoms with Crippen molar-refractivity contribution in [1.82, 2.24) is 0 Å². The quantitative estimate of drug-likeness (QED) is 0.251. The van der Waals surface area contributed by atoms with E-state index >= 15 is 0 Å². The summed E-state index contributed by atoms with van der Waals surface area (Å²) in [5.41, 5.74) is 4.15. The molecule has 4 aromatic rings. The van der Waals surface area contributed by atoms with Crippen LogP contribution in [0.5, 0.6) is 5.75 Å². The molecule has 0 saturated heterocycles. The number of carbonyl (C=O) groups is 2. The van der Waals surface area contributed by atoms with Crippen LogP contribution in [-0.2, 0) is 9.59 Å². The zero-order valence-corrected chi connectivity index (χ0v) is 20.5. The summed E-state index contributed by atoms with van der Waals surface area (Å²) in [6.07, 6.45) is 0.216. The SMILES string of the molecule is Cc1ccccc1.N#Cc1ccc(-c2ccccc2)cc1OC(=O)C1CC(C(=O)O)C1c1ccccc1. The van der Waals surface area contributed by atoms with Gasteiger partial charge in [0, 0.05) is 5.92 Å². The van der Waals surface area contributed by atoms with Crippen LogP contribution in [0.4, 0.5) is 0 Å². The summed E-state index contributed by atoms with van der Waals surface area (Å²) in [5, 5.41) is 18.9. The first-order valence-corrected chi connectivity index (χ1v) is 12.1. The number of carboxylic acids is 1. The zero-order chi connectivity index (χ0) is 26.2. The van der Waals surface area contributed by atoms with Crippen LogP contribution in [0.1, 0.15) is 29.0 Å². The fourth-order valence-electron chi connectivity index (χ4n) is 4.52. The van der Waals surface area contributed by atoms with E-state index in [9.17, 15) is 20.0 Å². The Morgan fingerprint density at radius 1 is 0.811 bits per heavy atom. The standard InChI is InChI=1S/C25H19NO4.C7H8/c26-15-19-12-11-18(16-7-3-1-4-8-16)13-22(19)30-25(29)21-14-20(24(27)28)23(21)17-9-5-2-6-10-17;1-7-5-3-2-4-6-7/h1-13,20-21,23H,14H2,(H,27,28);2-6H,1H3. The second-order valence-electron chi connectivity index (χ2n) is 8.99. The molecule has 1 N–H and O–H groups in total. The van der Waals surface area contributed by atoms with Crippen molar-refractivity contribution in [3.63, 3.8) is 0 Å². The Hall–Kier alpha value is -4.69. The number of benzene rings is 4. The predicted octanol–water partition coefficient (Wildman–Crippen LogP) is 6.63. The van der Waals surface area contributed by atoms with Gasteiger partial charge in [0.25, 0.3) is 0 Å². The van der Waals surface area contributed by atoms with Crippen molar-refractivity contribution in [3.8, 4) is 22.9 Å². The highest BCUT2D eigenvalue weighted by Crippen LogP contribution is 2.48. The maximum atomic E-state index is 12.9. The number of esters is 1. The molecular formula is C32H27NO4. The van der Waals surface area contributed by atoms with Gasteiger partial charge in [-0.1, -0.05) is 103 Å². The minimum absolute atomic E-state index is 0.189. The first-order chi connectivity index (χ1) is 18.0. The molecule has 0 amide bonds. The molecule has 0 radical (unpaired) electrons. The lowest BCUT2D eigenvalue weighted by atomic mass is 9.62. The molecule has 4 aromatic carbocycles. The maximum Gasteiger partial charge on any atom is 0.315 e. The molecule has 5 heteroatoms. The highest BCUT2D eigenvalue weighted by atomic mass is 16.5. The third-order valence-corrected chi connectivity index (χ3v) is 6.54. The molecule has 37 heavy (non-hydrogen) atoms. The second kappa shape index (κ2) is 11.8. The fourth-order valence-corrected chi connectivity index (χ4v) is 4.52. The van der Waals surface area contributed by atoms with Gasteiger partial charge < -0.3 is 9.84 Å². The van der Waals surface area contributed by atoms with E-state index in [1.165, 1.54) is 5.56 Å². The predicted molar refractivity (Wildman–Crippen MR) is 142 cm³/mol. The van der Waals surface area contributed by atoms with E-state index in [-0.39, 0.29) is 17.7 Å². The van der Waals surface area contributed by atoms with E-state index in [0.29, 0.717) is 0 Å². The third-order valence-electron chi connectivity index (χ3n) is 6.54. The lowest BCUT2D eigenvalue weighted by Crippen LogP contribution is -2.45. The van der Waals surface area contributed by atoms with Gasteiger partial charge >= 0.3 is 11.9 Å². The first-order valence-electron chi connectivity index (χ1n) is 12.1. The lowest BCUT2D eigenvalue weighted by Gasteiger charge is -2.40. The number of carboxylic acid groups (broad SMARTS) is 1. The summed E-state index contributed by atoms with van der Waals surface area (Å²) >= 11 is 0. The normalized spacial score (nSPS) is 17.8. The molecule has 1 saturated carbocycles. The Balaban J connectivity index is 0.000000396. The number of nitrogens with zero attached hydrogens (tertiary/aromatic N) is 1. The van der Waals surface area contributed by atoms with E-state index in [2.05, 4.69) is 25.1 Å². The Kier molecular flexibility index (Phi) is 8.12. The summed E-state index contributed by atoms with van der Waals surface area (Å²) < 4.78 is 5.63. The molecule has 0 heterocycles. The van der Waals surface area contributed by atoms with Crippen LogP contribution in [-0.4, -0.2) is 17.0 Å². The van der Waals surface area contributed by atoms with Gasteiger partial charge in [-0.05, 0) is 42.2 Å². The fraction of sp³-hybridized carbons (Fsp3) is 0.156. The molecule has 1 aliphatic carbocycles. The molecule has 0 aromatic heterocycles. The Morgan fingerprint density at radius 2 is 1.41 bits per heavy atom. The van der Waals surface area contributed by atoms with Gasteiger partial charge in [-0.25, -0.2) is 0 Å². The monoisotopic (exact) mass is 489 g/mol. The van der Waals surface area contributed by atoms with Gasteiger partial charge in [0.05, 0.1) is 17.4 Å². The van der Waals surface area contributed by atoms with Crippen molar-refractivity contribution >= 4 is 11.9 Å². The van der Waals surface area contributed by atoms with Crippen molar-refractivity contribution in [2.24, 2.45) is 11.8 Å². The number of aryl methyl sites for hydroxylation is 1. The van der Waals surface area contributed by atoms with Crippen molar-refractivity contribution in [2.75, 3.05) is 0 Å². The van der Waals surface area contributed by atoms with E-state index in [1.54, 1.807) is 12.1 Å². The van der Waals surface area contributed by atoms with E-state index < -0.39 is 29.7 Å². The number of rotatable bonds is 5. The van der Waals surface area contributed by atoms with Crippen molar-refractivity contribution in [1.29, 1.82) is 5.26 Å². The molecule has 0 spiro atoms. The van der Waals surface area contributed by atoms with Crippen LogP contribution < -0.4 is 4.74 Å². The van der Waals surface area contributed by atoms with Crippen LogP contribution in [0, 0.1) is 30.1 Å². The summed E-state index contributed by atoms with van der Waals surface area (Å²) in [4.78, 5) is 24.5. The number of carbonyl (C=O) groups excluding carboxylic acids is 1. The first kappa shape index (κ1) is 25.4. The van der Waals surface area contributed by atoms with E-state index in [4.69, 9.17) is 4.74 Å². The van der Waals surface area contributed by atoms with Gasteiger partial charge in [0.15, 0.2) is 0 Å². The van der Waals surface area contributed by atoms with Crippen molar-refractivity contribution in [3.05, 3.63) is 126 Å².